The Kier molecular flexibility index (Phi) is 6.02. The van der Waals surface area contributed by atoms with Crippen molar-refractivity contribution in [2.45, 2.75) is 32.7 Å². The zero-order valence-corrected chi connectivity index (χ0v) is 16.8. The van der Waals surface area contributed by atoms with Gasteiger partial charge >= 0.3 is 0 Å². The van der Waals surface area contributed by atoms with E-state index in [1.807, 2.05) is 24.0 Å². The Morgan fingerprint density at radius 2 is 2.03 bits per heavy atom. The van der Waals surface area contributed by atoms with Crippen molar-refractivity contribution in [1.29, 1.82) is 0 Å². The Balaban J connectivity index is 1.34. The van der Waals surface area contributed by atoms with E-state index in [4.69, 9.17) is 4.52 Å². The number of piperidine rings is 1. The topological polar surface area (TPSA) is 84.2 Å². The standard InChI is InChI=1S/C22H24FN5O2/c1-15-26-18(13-21(27-15)24-14-17-4-2-3-5-19(17)23)12-16-7-10-28(11-8-16)22(29)20-6-9-25-30-20/h2-6,9,13,16H,7-8,10-12,14H2,1H3,(H,24,26,27). The summed E-state index contributed by atoms with van der Waals surface area (Å²) in [5, 5.41) is 6.80. The van der Waals surface area contributed by atoms with Crippen LogP contribution in [0, 0.1) is 18.7 Å². The van der Waals surface area contributed by atoms with Crippen molar-refractivity contribution in [3.63, 3.8) is 0 Å². The lowest BCUT2D eigenvalue weighted by molar-refractivity contribution is 0.0648. The highest BCUT2D eigenvalue weighted by Gasteiger charge is 2.26. The summed E-state index contributed by atoms with van der Waals surface area (Å²) in [7, 11) is 0. The van der Waals surface area contributed by atoms with E-state index in [0.717, 1.165) is 25.0 Å². The second-order valence-electron chi connectivity index (χ2n) is 7.55. The first-order valence-electron chi connectivity index (χ1n) is 10.1. The van der Waals surface area contributed by atoms with Crippen LogP contribution in [0.5, 0.6) is 0 Å². The molecule has 0 spiro atoms. The molecule has 0 atom stereocenters. The molecule has 0 aliphatic carbocycles. The molecule has 2 aromatic heterocycles. The van der Waals surface area contributed by atoms with Gasteiger partial charge in [-0.05, 0) is 38.2 Å². The molecule has 0 bridgehead atoms. The first-order valence-corrected chi connectivity index (χ1v) is 10.1. The van der Waals surface area contributed by atoms with Crippen molar-refractivity contribution in [2.24, 2.45) is 5.92 Å². The number of benzene rings is 1. The number of hydrogen-bond donors (Lipinski definition) is 1. The summed E-state index contributed by atoms with van der Waals surface area (Å²) in [4.78, 5) is 23.2. The van der Waals surface area contributed by atoms with Crippen LogP contribution in [-0.4, -0.2) is 39.0 Å². The van der Waals surface area contributed by atoms with Gasteiger partial charge in [0, 0.05) is 43.0 Å². The molecule has 7 nitrogen and oxygen atoms in total. The highest BCUT2D eigenvalue weighted by Crippen LogP contribution is 2.23. The maximum Gasteiger partial charge on any atom is 0.292 e. The Morgan fingerprint density at radius 1 is 1.23 bits per heavy atom. The summed E-state index contributed by atoms with van der Waals surface area (Å²) in [6.07, 6.45) is 4.11. The predicted molar refractivity (Wildman–Crippen MR) is 109 cm³/mol. The van der Waals surface area contributed by atoms with Crippen LogP contribution in [0.1, 0.15) is 40.5 Å². The number of anilines is 1. The van der Waals surface area contributed by atoms with E-state index in [1.54, 1.807) is 18.2 Å². The van der Waals surface area contributed by atoms with Gasteiger partial charge in [-0.2, -0.15) is 0 Å². The zero-order chi connectivity index (χ0) is 20.9. The van der Waals surface area contributed by atoms with Crippen molar-refractivity contribution < 1.29 is 13.7 Å². The monoisotopic (exact) mass is 409 g/mol. The number of aryl methyl sites for hydroxylation is 1. The number of likely N-dealkylation sites (tertiary alicyclic amines) is 1. The minimum absolute atomic E-state index is 0.108. The molecule has 4 rings (SSSR count). The molecule has 0 saturated carbocycles. The summed E-state index contributed by atoms with van der Waals surface area (Å²) in [5.74, 6) is 1.76. The first-order chi connectivity index (χ1) is 14.6. The minimum atomic E-state index is -0.234. The van der Waals surface area contributed by atoms with Crippen molar-refractivity contribution in [1.82, 2.24) is 20.0 Å². The fourth-order valence-corrected chi connectivity index (χ4v) is 3.77. The molecular formula is C22H24FN5O2. The molecule has 1 saturated heterocycles. The van der Waals surface area contributed by atoms with E-state index in [0.29, 0.717) is 42.8 Å². The number of nitrogens with one attached hydrogen (secondary N) is 1. The van der Waals surface area contributed by atoms with Gasteiger partial charge in [-0.3, -0.25) is 4.79 Å². The molecular weight excluding hydrogens is 385 g/mol. The summed E-state index contributed by atoms with van der Waals surface area (Å²) in [6, 6.07) is 10.2. The van der Waals surface area contributed by atoms with Crippen molar-refractivity contribution in [3.8, 4) is 0 Å². The average molecular weight is 409 g/mol. The van der Waals surface area contributed by atoms with Gasteiger partial charge in [-0.15, -0.1) is 0 Å². The lowest BCUT2D eigenvalue weighted by atomic mass is 9.92. The van der Waals surface area contributed by atoms with Gasteiger partial charge in [0.2, 0.25) is 5.76 Å². The maximum atomic E-state index is 13.8. The van der Waals surface area contributed by atoms with Crippen LogP contribution in [0.2, 0.25) is 0 Å². The van der Waals surface area contributed by atoms with Crippen LogP contribution in [0.15, 0.2) is 47.1 Å². The van der Waals surface area contributed by atoms with E-state index in [-0.39, 0.29) is 17.5 Å². The molecule has 0 radical (unpaired) electrons. The Labute approximate surface area is 174 Å². The number of nitrogens with zero attached hydrogens (tertiary/aromatic N) is 4. The second-order valence-corrected chi connectivity index (χ2v) is 7.55. The smallest absolute Gasteiger partial charge is 0.292 e. The zero-order valence-electron chi connectivity index (χ0n) is 16.8. The number of carbonyl (C=O) groups excluding carboxylic acids is 1. The molecule has 1 aromatic carbocycles. The Morgan fingerprint density at radius 3 is 2.77 bits per heavy atom. The van der Waals surface area contributed by atoms with Gasteiger partial charge in [0.1, 0.15) is 17.5 Å². The number of amides is 1. The fourth-order valence-electron chi connectivity index (χ4n) is 3.77. The molecule has 1 amide bonds. The van der Waals surface area contributed by atoms with Crippen molar-refractivity contribution in [3.05, 3.63) is 71.3 Å². The Hall–Kier alpha value is -3.29. The number of halogens is 1. The van der Waals surface area contributed by atoms with Gasteiger partial charge in [-0.25, -0.2) is 14.4 Å². The van der Waals surface area contributed by atoms with Crippen LogP contribution in [0.4, 0.5) is 10.2 Å². The molecule has 0 unspecified atom stereocenters. The number of hydrogen-bond acceptors (Lipinski definition) is 6. The lowest BCUT2D eigenvalue weighted by Crippen LogP contribution is -2.38. The number of aromatic nitrogens is 3. The summed E-state index contributed by atoms with van der Waals surface area (Å²) in [5.41, 5.74) is 1.55. The minimum Gasteiger partial charge on any atom is -0.366 e. The largest absolute Gasteiger partial charge is 0.366 e. The third-order valence-corrected chi connectivity index (χ3v) is 5.36. The van der Waals surface area contributed by atoms with Crippen LogP contribution in [0.3, 0.4) is 0 Å². The van der Waals surface area contributed by atoms with Crippen molar-refractivity contribution in [2.75, 3.05) is 18.4 Å². The molecule has 3 heterocycles. The van der Waals surface area contributed by atoms with E-state index < -0.39 is 0 Å². The van der Waals surface area contributed by atoms with E-state index in [9.17, 15) is 9.18 Å². The molecule has 1 fully saturated rings. The highest BCUT2D eigenvalue weighted by molar-refractivity contribution is 5.91. The highest BCUT2D eigenvalue weighted by atomic mass is 19.1. The molecule has 3 aromatic rings. The van der Waals surface area contributed by atoms with Crippen LogP contribution >= 0.6 is 0 Å². The summed E-state index contributed by atoms with van der Waals surface area (Å²) < 4.78 is 18.8. The third-order valence-electron chi connectivity index (χ3n) is 5.36. The first kappa shape index (κ1) is 20.0. The molecule has 1 aliphatic rings. The van der Waals surface area contributed by atoms with E-state index in [1.165, 1.54) is 12.3 Å². The predicted octanol–water partition coefficient (Wildman–Crippen LogP) is 3.62. The van der Waals surface area contributed by atoms with Crippen LogP contribution in [0.25, 0.3) is 0 Å². The van der Waals surface area contributed by atoms with E-state index >= 15 is 0 Å². The molecule has 1 aliphatic heterocycles. The summed E-state index contributed by atoms with van der Waals surface area (Å²) in [6.45, 7) is 3.60. The number of rotatable bonds is 6. The van der Waals surface area contributed by atoms with Gasteiger partial charge in [0.15, 0.2) is 0 Å². The normalized spacial score (nSPS) is 14.7. The maximum absolute atomic E-state index is 13.8. The fraction of sp³-hybridized carbons (Fsp3) is 0.364. The average Bonchev–Trinajstić information content (AvgIpc) is 3.28. The van der Waals surface area contributed by atoms with Crippen molar-refractivity contribution >= 4 is 11.7 Å². The molecule has 1 N–H and O–H groups in total. The second kappa shape index (κ2) is 9.02. The molecule has 156 valence electrons. The van der Waals surface area contributed by atoms with Gasteiger partial charge in [-0.1, -0.05) is 23.4 Å². The van der Waals surface area contributed by atoms with Gasteiger partial charge in [0.25, 0.3) is 5.91 Å². The lowest BCUT2D eigenvalue weighted by Gasteiger charge is -2.31. The summed E-state index contributed by atoms with van der Waals surface area (Å²) >= 11 is 0. The number of carbonyl (C=O) groups is 1. The molecule has 8 heteroatoms. The van der Waals surface area contributed by atoms with Crippen LogP contribution < -0.4 is 5.32 Å². The van der Waals surface area contributed by atoms with E-state index in [2.05, 4.69) is 20.4 Å². The third kappa shape index (κ3) is 4.82. The SMILES string of the molecule is Cc1nc(CC2CCN(C(=O)c3ccno3)CC2)cc(NCc2ccccc2F)n1. The Bertz CT molecular complexity index is 1000. The molecule has 30 heavy (non-hydrogen) atoms. The van der Waals surface area contributed by atoms with Gasteiger partial charge < -0.3 is 14.7 Å². The van der Waals surface area contributed by atoms with Crippen LogP contribution in [-0.2, 0) is 13.0 Å². The quantitative estimate of drug-likeness (QED) is 0.669. The van der Waals surface area contributed by atoms with Gasteiger partial charge in [0.05, 0.1) is 6.20 Å².